The molecule has 118 valence electrons. The van der Waals surface area contributed by atoms with Gasteiger partial charge in [0.15, 0.2) is 0 Å². The van der Waals surface area contributed by atoms with Crippen molar-refractivity contribution in [2.45, 2.75) is 6.42 Å². The average molecular weight is 312 g/mol. The first-order valence-electron chi connectivity index (χ1n) is 7.13. The monoisotopic (exact) mass is 312 g/mol. The minimum absolute atomic E-state index is 0.102. The molecule has 0 heterocycles. The van der Waals surface area contributed by atoms with E-state index in [0.29, 0.717) is 23.4 Å². The van der Waals surface area contributed by atoms with E-state index in [9.17, 15) is 14.0 Å². The molecule has 2 aromatic carbocycles. The van der Waals surface area contributed by atoms with Gasteiger partial charge in [0.25, 0.3) is 5.91 Å². The Hall–Kier alpha value is -2.95. The van der Waals surface area contributed by atoms with Gasteiger partial charge in [-0.15, -0.1) is 6.58 Å². The Morgan fingerprint density at radius 3 is 2.52 bits per heavy atom. The molecule has 0 aliphatic heterocycles. The van der Waals surface area contributed by atoms with Crippen LogP contribution in [-0.2, 0) is 11.2 Å². The molecule has 23 heavy (non-hydrogen) atoms. The normalized spacial score (nSPS) is 9.96. The zero-order valence-electron chi connectivity index (χ0n) is 12.5. The van der Waals surface area contributed by atoms with E-state index in [1.165, 1.54) is 6.07 Å². The van der Waals surface area contributed by atoms with Crippen LogP contribution < -0.4 is 10.6 Å². The van der Waals surface area contributed by atoms with Gasteiger partial charge in [-0.25, -0.2) is 4.39 Å². The third-order valence-electron chi connectivity index (χ3n) is 3.16. The molecule has 0 bridgehead atoms. The largest absolute Gasteiger partial charge is 0.349 e. The van der Waals surface area contributed by atoms with Gasteiger partial charge in [0.05, 0.1) is 17.7 Å². The quantitative estimate of drug-likeness (QED) is 0.806. The van der Waals surface area contributed by atoms with Crippen molar-refractivity contribution >= 4 is 17.5 Å². The first-order chi connectivity index (χ1) is 11.1. The number of rotatable bonds is 6. The van der Waals surface area contributed by atoms with Crippen molar-refractivity contribution in [3.05, 3.63) is 78.1 Å². The van der Waals surface area contributed by atoms with E-state index in [-0.39, 0.29) is 18.2 Å². The molecule has 2 amide bonds. The van der Waals surface area contributed by atoms with Crippen molar-refractivity contribution in [2.75, 3.05) is 11.9 Å². The number of carbonyl (C=O) groups excluding carboxylic acids is 2. The molecule has 0 atom stereocenters. The third-order valence-corrected chi connectivity index (χ3v) is 3.16. The van der Waals surface area contributed by atoms with Gasteiger partial charge in [0.1, 0.15) is 5.82 Å². The van der Waals surface area contributed by atoms with Crippen molar-refractivity contribution in [3.8, 4) is 0 Å². The number of hydrogen-bond acceptors (Lipinski definition) is 2. The Balaban J connectivity index is 2.10. The highest BCUT2D eigenvalue weighted by Crippen LogP contribution is 2.16. The molecule has 0 fully saturated rings. The fourth-order valence-corrected chi connectivity index (χ4v) is 2.06. The van der Waals surface area contributed by atoms with Gasteiger partial charge in [-0.3, -0.25) is 9.59 Å². The summed E-state index contributed by atoms with van der Waals surface area (Å²) in [7, 11) is 0. The summed E-state index contributed by atoms with van der Waals surface area (Å²) in [4.78, 5) is 24.1. The summed E-state index contributed by atoms with van der Waals surface area (Å²) < 4.78 is 13.6. The molecule has 5 heteroatoms. The Kier molecular flexibility index (Phi) is 5.63. The van der Waals surface area contributed by atoms with Gasteiger partial charge in [0.2, 0.25) is 5.91 Å². The molecule has 0 unspecified atom stereocenters. The predicted molar refractivity (Wildman–Crippen MR) is 87.7 cm³/mol. The van der Waals surface area contributed by atoms with Gasteiger partial charge in [-0.05, 0) is 23.8 Å². The molecule has 0 spiro atoms. The maximum atomic E-state index is 13.6. The molecule has 0 aliphatic rings. The highest BCUT2D eigenvalue weighted by molar-refractivity contribution is 6.04. The van der Waals surface area contributed by atoms with Gasteiger partial charge in [0, 0.05) is 6.54 Å². The highest BCUT2D eigenvalue weighted by Gasteiger charge is 2.13. The van der Waals surface area contributed by atoms with Crippen LogP contribution >= 0.6 is 0 Å². The van der Waals surface area contributed by atoms with E-state index in [1.807, 2.05) is 0 Å². The number of amides is 2. The number of anilines is 1. The van der Waals surface area contributed by atoms with Crippen LogP contribution in [-0.4, -0.2) is 18.4 Å². The first-order valence-corrected chi connectivity index (χ1v) is 7.13. The topological polar surface area (TPSA) is 58.2 Å². The van der Waals surface area contributed by atoms with E-state index in [1.54, 1.807) is 48.5 Å². The molecule has 2 rings (SSSR count). The van der Waals surface area contributed by atoms with E-state index < -0.39 is 5.82 Å². The van der Waals surface area contributed by atoms with Crippen LogP contribution in [0.4, 0.5) is 10.1 Å². The Morgan fingerprint density at radius 2 is 1.78 bits per heavy atom. The number of para-hydroxylation sites is 1. The van der Waals surface area contributed by atoms with E-state index >= 15 is 0 Å². The second-order valence-electron chi connectivity index (χ2n) is 4.86. The fraction of sp³-hybridized carbons (Fsp3) is 0.111. The first kappa shape index (κ1) is 16.4. The zero-order chi connectivity index (χ0) is 16.7. The van der Waals surface area contributed by atoms with Crippen molar-refractivity contribution in [1.29, 1.82) is 0 Å². The van der Waals surface area contributed by atoms with Gasteiger partial charge >= 0.3 is 0 Å². The zero-order valence-corrected chi connectivity index (χ0v) is 12.5. The maximum Gasteiger partial charge on any atom is 0.253 e. The molecule has 0 radical (unpaired) electrons. The summed E-state index contributed by atoms with van der Waals surface area (Å²) in [6.07, 6.45) is 1.46. The average Bonchev–Trinajstić information content (AvgIpc) is 2.55. The second kappa shape index (κ2) is 7.89. The summed E-state index contributed by atoms with van der Waals surface area (Å²) >= 11 is 0. The van der Waals surface area contributed by atoms with Crippen LogP contribution in [0.3, 0.4) is 0 Å². The molecule has 0 aliphatic carbocycles. The maximum absolute atomic E-state index is 13.6. The highest BCUT2D eigenvalue weighted by atomic mass is 19.1. The molecule has 4 nitrogen and oxygen atoms in total. The van der Waals surface area contributed by atoms with Crippen LogP contribution in [0.15, 0.2) is 61.2 Å². The Labute approximate surface area is 134 Å². The van der Waals surface area contributed by atoms with Crippen LogP contribution in [0.25, 0.3) is 0 Å². The lowest BCUT2D eigenvalue weighted by Gasteiger charge is -2.11. The van der Waals surface area contributed by atoms with Crippen LogP contribution in [0.1, 0.15) is 15.9 Å². The predicted octanol–water partition coefficient (Wildman–Crippen LogP) is 2.92. The lowest BCUT2D eigenvalue weighted by Crippen LogP contribution is -2.25. The van der Waals surface area contributed by atoms with E-state index in [0.717, 1.165) is 0 Å². The smallest absolute Gasteiger partial charge is 0.253 e. The molecule has 2 aromatic rings. The molecular weight excluding hydrogens is 295 g/mol. The fourth-order valence-electron chi connectivity index (χ4n) is 2.06. The molecule has 0 saturated carbocycles. The van der Waals surface area contributed by atoms with Crippen LogP contribution in [0.5, 0.6) is 0 Å². The number of benzene rings is 2. The van der Waals surface area contributed by atoms with Crippen LogP contribution in [0.2, 0.25) is 0 Å². The lowest BCUT2D eigenvalue weighted by atomic mass is 10.1. The number of carbonyl (C=O) groups is 2. The number of nitrogens with one attached hydrogen (secondary N) is 2. The molecule has 0 aromatic heterocycles. The van der Waals surface area contributed by atoms with E-state index in [4.69, 9.17) is 0 Å². The number of halogens is 1. The summed E-state index contributed by atoms with van der Waals surface area (Å²) in [5.74, 6) is -1.13. The minimum atomic E-state index is -0.431. The lowest BCUT2D eigenvalue weighted by molar-refractivity contribution is -0.115. The van der Waals surface area contributed by atoms with E-state index in [2.05, 4.69) is 17.2 Å². The second-order valence-corrected chi connectivity index (χ2v) is 4.86. The van der Waals surface area contributed by atoms with Gasteiger partial charge in [-0.2, -0.15) is 0 Å². The van der Waals surface area contributed by atoms with Crippen molar-refractivity contribution < 1.29 is 14.0 Å². The Morgan fingerprint density at radius 1 is 1.09 bits per heavy atom. The van der Waals surface area contributed by atoms with Crippen LogP contribution in [0, 0.1) is 5.82 Å². The summed E-state index contributed by atoms with van der Waals surface area (Å²) in [6, 6.07) is 12.7. The number of hydrogen-bond donors (Lipinski definition) is 2. The SMILES string of the molecule is C=CCNC(=O)c1ccccc1NC(=O)Cc1ccccc1F. The summed E-state index contributed by atoms with van der Waals surface area (Å²) in [5.41, 5.74) is 1.03. The van der Waals surface area contributed by atoms with Crippen molar-refractivity contribution in [2.24, 2.45) is 0 Å². The van der Waals surface area contributed by atoms with Gasteiger partial charge < -0.3 is 10.6 Å². The van der Waals surface area contributed by atoms with Crippen molar-refractivity contribution in [3.63, 3.8) is 0 Å². The Bertz CT molecular complexity index is 728. The molecular formula is C18H17FN2O2. The summed E-state index contributed by atoms with van der Waals surface area (Å²) in [5, 5.41) is 5.30. The van der Waals surface area contributed by atoms with Crippen molar-refractivity contribution in [1.82, 2.24) is 5.32 Å². The molecule has 0 saturated heterocycles. The van der Waals surface area contributed by atoms with Gasteiger partial charge in [-0.1, -0.05) is 36.4 Å². The standard InChI is InChI=1S/C18H17FN2O2/c1-2-11-20-18(23)14-8-4-6-10-16(14)21-17(22)12-13-7-3-5-9-15(13)19/h2-10H,1,11-12H2,(H,20,23)(H,21,22). The third kappa shape index (κ3) is 4.51. The minimum Gasteiger partial charge on any atom is -0.349 e. The molecule has 2 N–H and O–H groups in total. The summed E-state index contributed by atoms with van der Waals surface area (Å²) in [6.45, 7) is 3.86.